The average Bonchev–Trinajstić information content (AvgIpc) is 3.50. The van der Waals surface area contributed by atoms with Crippen LogP contribution in [0.3, 0.4) is 0 Å². The van der Waals surface area contributed by atoms with Crippen molar-refractivity contribution in [1.29, 1.82) is 0 Å². The van der Waals surface area contributed by atoms with Gasteiger partial charge in [-0.15, -0.1) is 0 Å². The van der Waals surface area contributed by atoms with Crippen LogP contribution in [0.5, 0.6) is 5.75 Å². The first-order valence-corrected chi connectivity index (χ1v) is 11.9. The zero-order valence-electron chi connectivity index (χ0n) is 19.5. The molecule has 0 spiro atoms. The number of para-hydroxylation sites is 2. The lowest BCUT2D eigenvalue weighted by atomic mass is 10.1. The standard InChI is InChI=1S/C26H37N5O/c1-27-26(29-23-14-17-31(20-23)24-10-6-7-11-25(24)32-2)28-18-22-13-16-30(19-22)15-12-21-8-4-3-5-9-21/h3-11,22-23H,12-20H2,1-2H3,(H2,27,28,29). The normalized spacial score (nSPS) is 21.7. The van der Waals surface area contributed by atoms with Crippen molar-refractivity contribution in [3.63, 3.8) is 0 Å². The highest BCUT2D eigenvalue weighted by Crippen LogP contribution is 2.30. The Hall–Kier alpha value is -2.73. The van der Waals surface area contributed by atoms with Gasteiger partial charge in [-0.05, 0) is 49.4 Å². The minimum atomic E-state index is 0.386. The molecule has 2 aliphatic rings. The molecule has 6 nitrogen and oxygen atoms in total. The lowest BCUT2D eigenvalue weighted by Crippen LogP contribution is -2.46. The van der Waals surface area contributed by atoms with Crippen molar-refractivity contribution < 1.29 is 4.74 Å². The number of nitrogens with one attached hydrogen (secondary N) is 2. The summed E-state index contributed by atoms with van der Waals surface area (Å²) in [6.07, 6.45) is 3.48. The van der Waals surface area contributed by atoms with Gasteiger partial charge in [-0.3, -0.25) is 4.99 Å². The first kappa shape index (κ1) is 22.5. The van der Waals surface area contributed by atoms with E-state index >= 15 is 0 Å². The number of hydrogen-bond acceptors (Lipinski definition) is 4. The third-order valence-corrected chi connectivity index (χ3v) is 6.67. The van der Waals surface area contributed by atoms with Crippen LogP contribution in [-0.2, 0) is 6.42 Å². The van der Waals surface area contributed by atoms with Crippen LogP contribution < -0.4 is 20.3 Å². The molecule has 32 heavy (non-hydrogen) atoms. The van der Waals surface area contributed by atoms with Crippen LogP contribution in [0, 0.1) is 5.92 Å². The highest BCUT2D eigenvalue weighted by atomic mass is 16.5. The van der Waals surface area contributed by atoms with E-state index in [4.69, 9.17) is 4.74 Å². The Balaban J connectivity index is 1.19. The van der Waals surface area contributed by atoms with E-state index in [0.717, 1.165) is 50.7 Å². The van der Waals surface area contributed by atoms with Crippen molar-refractivity contribution in [2.45, 2.75) is 25.3 Å². The fourth-order valence-corrected chi connectivity index (χ4v) is 4.83. The van der Waals surface area contributed by atoms with E-state index in [0.29, 0.717) is 12.0 Å². The Morgan fingerprint density at radius 3 is 2.66 bits per heavy atom. The third kappa shape index (κ3) is 5.94. The van der Waals surface area contributed by atoms with Gasteiger partial charge in [0.05, 0.1) is 12.8 Å². The first-order chi connectivity index (χ1) is 15.7. The SMILES string of the molecule is CN=C(NCC1CCN(CCc2ccccc2)C1)NC1CCN(c2ccccc2OC)C1. The van der Waals surface area contributed by atoms with Crippen LogP contribution >= 0.6 is 0 Å². The van der Waals surface area contributed by atoms with Gasteiger partial charge in [-0.1, -0.05) is 42.5 Å². The Morgan fingerprint density at radius 2 is 1.84 bits per heavy atom. The van der Waals surface area contributed by atoms with E-state index in [1.807, 2.05) is 19.2 Å². The predicted octanol–water partition coefficient (Wildman–Crippen LogP) is 3.00. The van der Waals surface area contributed by atoms with Crippen molar-refractivity contribution in [2.24, 2.45) is 10.9 Å². The zero-order chi connectivity index (χ0) is 22.2. The highest BCUT2D eigenvalue weighted by molar-refractivity contribution is 5.80. The van der Waals surface area contributed by atoms with Crippen molar-refractivity contribution in [3.8, 4) is 5.75 Å². The molecule has 0 aliphatic carbocycles. The van der Waals surface area contributed by atoms with Gasteiger partial charge in [-0.25, -0.2) is 0 Å². The summed E-state index contributed by atoms with van der Waals surface area (Å²) in [6, 6.07) is 19.4. The van der Waals surface area contributed by atoms with Gasteiger partial charge in [0.1, 0.15) is 5.75 Å². The number of likely N-dealkylation sites (tertiary alicyclic amines) is 1. The predicted molar refractivity (Wildman–Crippen MR) is 133 cm³/mol. The van der Waals surface area contributed by atoms with Crippen molar-refractivity contribution in [1.82, 2.24) is 15.5 Å². The Bertz CT molecular complexity index is 872. The van der Waals surface area contributed by atoms with Crippen LogP contribution in [0.4, 0.5) is 5.69 Å². The number of rotatable bonds is 8. The van der Waals surface area contributed by atoms with Gasteiger partial charge in [0, 0.05) is 45.8 Å². The Morgan fingerprint density at radius 1 is 1.03 bits per heavy atom. The molecule has 0 saturated carbocycles. The van der Waals surface area contributed by atoms with Crippen LogP contribution in [0.25, 0.3) is 0 Å². The van der Waals surface area contributed by atoms with E-state index in [-0.39, 0.29) is 0 Å². The average molecular weight is 436 g/mol. The Labute approximate surface area is 192 Å². The number of aliphatic imine (C=N–C) groups is 1. The summed E-state index contributed by atoms with van der Waals surface area (Å²) in [7, 11) is 3.60. The molecule has 0 aromatic heterocycles. The number of guanidine groups is 1. The van der Waals surface area contributed by atoms with E-state index in [1.54, 1.807) is 7.11 Å². The van der Waals surface area contributed by atoms with Gasteiger partial charge in [0.25, 0.3) is 0 Å². The number of benzene rings is 2. The summed E-state index contributed by atoms with van der Waals surface area (Å²) < 4.78 is 5.54. The van der Waals surface area contributed by atoms with Gasteiger partial charge >= 0.3 is 0 Å². The molecule has 6 heteroatoms. The maximum Gasteiger partial charge on any atom is 0.191 e. The van der Waals surface area contributed by atoms with E-state index in [1.165, 1.54) is 30.8 Å². The molecule has 2 unspecified atom stereocenters. The third-order valence-electron chi connectivity index (χ3n) is 6.67. The number of methoxy groups -OCH3 is 1. The second-order valence-electron chi connectivity index (χ2n) is 8.89. The second kappa shape index (κ2) is 11.2. The van der Waals surface area contributed by atoms with E-state index < -0.39 is 0 Å². The summed E-state index contributed by atoms with van der Waals surface area (Å²) in [4.78, 5) is 9.47. The van der Waals surface area contributed by atoms with Crippen molar-refractivity contribution in [3.05, 3.63) is 60.2 Å². The van der Waals surface area contributed by atoms with E-state index in [9.17, 15) is 0 Å². The largest absolute Gasteiger partial charge is 0.495 e. The monoisotopic (exact) mass is 435 g/mol. The molecule has 2 atom stereocenters. The molecular formula is C26H37N5O. The molecule has 0 amide bonds. The number of nitrogens with zero attached hydrogens (tertiary/aromatic N) is 3. The Kier molecular flexibility index (Phi) is 7.88. The van der Waals surface area contributed by atoms with Crippen LogP contribution in [0.2, 0.25) is 0 Å². The number of hydrogen-bond donors (Lipinski definition) is 2. The van der Waals surface area contributed by atoms with Gasteiger partial charge in [-0.2, -0.15) is 0 Å². The fraction of sp³-hybridized carbons (Fsp3) is 0.500. The molecule has 0 bridgehead atoms. The molecule has 2 N–H and O–H groups in total. The quantitative estimate of drug-likeness (QED) is 0.493. The lowest BCUT2D eigenvalue weighted by Gasteiger charge is -2.22. The fourth-order valence-electron chi connectivity index (χ4n) is 4.83. The van der Waals surface area contributed by atoms with Gasteiger partial charge in [0.15, 0.2) is 5.96 Å². The van der Waals surface area contributed by atoms with Gasteiger partial charge in [0.2, 0.25) is 0 Å². The minimum Gasteiger partial charge on any atom is -0.495 e. The molecule has 2 saturated heterocycles. The minimum absolute atomic E-state index is 0.386. The first-order valence-electron chi connectivity index (χ1n) is 11.9. The summed E-state index contributed by atoms with van der Waals surface area (Å²) >= 11 is 0. The summed E-state index contributed by atoms with van der Waals surface area (Å²) in [6.45, 7) is 6.47. The summed E-state index contributed by atoms with van der Waals surface area (Å²) in [5, 5.41) is 7.21. The van der Waals surface area contributed by atoms with Crippen molar-refractivity contribution >= 4 is 11.6 Å². The summed E-state index contributed by atoms with van der Waals surface area (Å²) in [5.74, 6) is 2.53. The molecule has 2 aromatic carbocycles. The number of ether oxygens (including phenoxy) is 1. The molecule has 4 rings (SSSR count). The smallest absolute Gasteiger partial charge is 0.191 e. The molecule has 2 aromatic rings. The molecule has 172 valence electrons. The van der Waals surface area contributed by atoms with Gasteiger partial charge < -0.3 is 25.2 Å². The van der Waals surface area contributed by atoms with Crippen LogP contribution in [-0.4, -0.2) is 70.3 Å². The molecular weight excluding hydrogens is 398 g/mol. The second-order valence-corrected chi connectivity index (χ2v) is 8.89. The number of anilines is 1. The van der Waals surface area contributed by atoms with Crippen molar-refractivity contribution in [2.75, 3.05) is 58.3 Å². The molecule has 2 heterocycles. The molecule has 2 aliphatic heterocycles. The van der Waals surface area contributed by atoms with E-state index in [2.05, 4.69) is 67.9 Å². The summed E-state index contributed by atoms with van der Waals surface area (Å²) in [5.41, 5.74) is 2.60. The maximum absolute atomic E-state index is 5.54. The molecule has 0 radical (unpaired) electrons. The maximum atomic E-state index is 5.54. The van der Waals surface area contributed by atoms with Crippen LogP contribution in [0.1, 0.15) is 18.4 Å². The topological polar surface area (TPSA) is 52.1 Å². The van der Waals surface area contributed by atoms with Crippen LogP contribution in [0.15, 0.2) is 59.6 Å². The molecule has 2 fully saturated rings. The zero-order valence-corrected chi connectivity index (χ0v) is 19.5. The highest BCUT2D eigenvalue weighted by Gasteiger charge is 2.26. The lowest BCUT2D eigenvalue weighted by molar-refractivity contribution is 0.328.